The molecule has 140 valence electrons. The van der Waals surface area contributed by atoms with Gasteiger partial charge in [-0.1, -0.05) is 23.7 Å². The van der Waals surface area contributed by atoms with E-state index in [1.165, 1.54) is 12.1 Å². The highest BCUT2D eigenvalue weighted by molar-refractivity contribution is 6.30. The number of ether oxygens (including phenoxy) is 1. The van der Waals surface area contributed by atoms with E-state index in [1.807, 2.05) is 4.90 Å². The summed E-state index contributed by atoms with van der Waals surface area (Å²) in [6, 6.07) is 11.7. The Morgan fingerprint density at radius 1 is 1.19 bits per heavy atom. The number of morpholine rings is 1. The molecule has 1 amide bonds. The second-order valence-corrected chi connectivity index (χ2v) is 6.37. The van der Waals surface area contributed by atoms with Crippen molar-refractivity contribution in [2.24, 2.45) is 0 Å². The number of hydrogen-bond donors (Lipinski definition) is 1. The quantitative estimate of drug-likeness (QED) is 0.480. The monoisotopic (exact) mass is 387 g/mol. The summed E-state index contributed by atoms with van der Waals surface area (Å²) in [7, 11) is 0. The molecule has 1 aliphatic rings. The Kier molecular flexibility index (Phi) is 6.05. The zero-order valence-electron chi connectivity index (χ0n) is 14.4. The fourth-order valence-corrected chi connectivity index (χ4v) is 2.87. The minimum atomic E-state index is -0.440. The van der Waals surface area contributed by atoms with Crippen LogP contribution >= 0.6 is 11.6 Å². The van der Waals surface area contributed by atoms with Gasteiger partial charge in [-0.15, -0.1) is 0 Å². The Balaban J connectivity index is 1.72. The molecule has 1 fully saturated rings. The fraction of sp³-hybridized carbons (Fsp3) is 0.211. The molecule has 7 nitrogen and oxygen atoms in total. The standard InChI is InChI=1S/C19H18ClN3O4/c20-15-4-1-14(2-5-15)3-8-19(24)21-16-6-7-17(18(13-16)23(25)26)22-9-11-27-12-10-22/h1-8,13H,9-12H2,(H,21,24)/b8-3+. The lowest BCUT2D eigenvalue weighted by Gasteiger charge is -2.28. The lowest BCUT2D eigenvalue weighted by Crippen LogP contribution is -2.36. The smallest absolute Gasteiger partial charge is 0.294 e. The molecule has 3 rings (SSSR count). The number of halogens is 1. The van der Waals surface area contributed by atoms with Crippen LogP contribution in [-0.4, -0.2) is 37.1 Å². The molecule has 0 aromatic heterocycles. The second kappa shape index (κ2) is 8.66. The fourth-order valence-electron chi connectivity index (χ4n) is 2.75. The van der Waals surface area contributed by atoms with E-state index in [1.54, 1.807) is 42.5 Å². The molecule has 2 aromatic rings. The molecule has 8 heteroatoms. The first-order valence-electron chi connectivity index (χ1n) is 8.39. The van der Waals surface area contributed by atoms with E-state index in [2.05, 4.69) is 5.32 Å². The summed E-state index contributed by atoms with van der Waals surface area (Å²) >= 11 is 5.82. The van der Waals surface area contributed by atoms with Crippen molar-refractivity contribution in [2.75, 3.05) is 36.5 Å². The van der Waals surface area contributed by atoms with Crippen LogP contribution in [0.25, 0.3) is 6.08 Å². The topological polar surface area (TPSA) is 84.7 Å². The van der Waals surface area contributed by atoms with Gasteiger partial charge in [0.05, 0.1) is 18.1 Å². The predicted octanol–water partition coefficient (Wildman–Crippen LogP) is 3.74. The second-order valence-electron chi connectivity index (χ2n) is 5.93. The third-order valence-corrected chi connectivity index (χ3v) is 4.34. The number of nitrogens with zero attached hydrogens (tertiary/aromatic N) is 2. The van der Waals surface area contributed by atoms with Crippen molar-refractivity contribution < 1.29 is 14.5 Å². The minimum Gasteiger partial charge on any atom is -0.378 e. The SMILES string of the molecule is O=C(/C=C/c1ccc(Cl)cc1)Nc1ccc(N2CCOCC2)c([N+](=O)[O-])c1. The highest BCUT2D eigenvalue weighted by atomic mass is 35.5. The van der Waals surface area contributed by atoms with Gasteiger partial charge in [0, 0.05) is 35.9 Å². The predicted molar refractivity (Wildman–Crippen MR) is 105 cm³/mol. The third kappa shape index (κ3) is 5.06. The maximum absolute atomic E-state index is 12.1. The van der Waals surface area contributed by atoms with Gasteiger partial charge in [0.2, 0.25) is 5.91 Å². The van der Waals surface area contributed by atoms with Gasteiger partial charge in [-0.2, -0.15) is 0 Å². The van der Waals surface area contributed by atoms with E-state index in [-0.39, 0.29) is 11.6 Å². The first-order valence-corrected chi connectivity index (χ1v) is 8.76. The molecule has 1 N–H and O–H groups in total. The number of rotatable bonds is 5. The van der Waals surface area contributed by atoms with Crippen molar-refractivity contribution in [3.8, 4) is 0 Å². The molecule has 0 saturated carbocycles. The lowest BCUT2D eigenvalue weighted by molar-refractivity contribution is -0.384. The molecule has 1 heterocycles. The zero-order valence-corrected chi connectivity index (χ0v) is 15.2. The largest absolute Gasteiger partial charge is 0.378 e. The maximum Gasteiger partial charge on any atom is 0.294 e. The summed E-state index contributed by atoms with van der Waals surface area (Å²) in [5.41, 5.74) is 1.67. The number of anilines is 2. The van der Waals surface area contributed by atoms with Crippen molar-refractivity contribution in [2.45, 2.75) is 0 Å². The van der Waals surface area contributed by atoms with E-state index in [4.69, 9.17) is 16.3 Å². The average molecular weight is 388 g/mol. The van der Waals surface area contributed by atoms with Crippen molar-refractivity contribution in [1.29, 1.82) is 0 Å². The molecule has 27 heavy (non-hydrogen) atoms. The zero-order chi connectivity index (χ0) is 19.2. The molecule has 1 saturated heterocycles. The summed E-state index contributed by atoms with van der Waals surface area (Å²) in [5, 5.41) is 14.7. The summed E-state index contributed by atoms with van der Waals surface area (Å²) in [6.07, 6.45) is 3.01. The first kappa shape index (κ1) is 18.9. The van der Waals surface area contributed by atoms with Gasteiger partial charge in [-0.25, -0.2) is 0 Å². The molecule has 1 aliphatic heterocycles. The van der Waals surface area contributed by atoms with Crippen molar-refractivity contribution in [3.63, 3.8) is 0 Å². The lowest BCUT2D eigenvalue weighted by atomic mass is 10.2. The van der Waals surface area contributed by atoms with Crippen LogP contribution in [0.3, 0.4) is 0 Å². The van der Waals surface area contributed by atoms with Crippen LogP contribution in [0, 0.1) is 10.1 Å². The van der Waals surface area contributed by atoms with Gasteiger partial charge in [0.1, 0.15) is 5.69 Å². The minimum absolute atomic E-state index is 0.0450. The molecule has 0 aliphatic carbocycles. The van der Waals surface area contributed by atoms with Gasteiger partial charge in [-0.05, 0) is 35.9 Å². The number of nitro groups is 1. The number of hydrogen-bond acceptors (Lipinski definition) is 5. The number of amides is 1. The average Bonchev–Trinajstić information content (AvgIpc) is 2.68. The van der Waals surface area contributed by atoms with Gasteiger partial charge >= 0.3 is 0 Å². The van der Waals surface area contributed by atoms with Crippen LogP contribution in [0.4, 0.5) is 17.1 Å². The van der Waals surface area contributed by atoms with E-state index in [0.717, 1.165) is 5.56 Å². The van der Waals surface area contributed by atoms with Gasteiger partial charge < -0.3 is 15.0 Å². The molecule has 0 spiro atoms. The van der Waals surface area contributed by atoms with E-state index in [9.17, 15) is 14.9 Å². The number of benzene rings is 2. The van der Waals surface area contributed by atoms with Crippen LogP contribution in [0.5, 0.6) is 0 Å². The molecule has 2 aromatic carbocycles. The number of carbonyl (C=O) groups is 1. The van der Waals surface area contributed by atoms with Gasteiger partial charge in [0.25, 0.3) is 5.69 Å². The number of nitro benzene ring substituents is 1. The van der Waals surface area contributed by atoms with Crippen LogP contribution in [0.15, 0.2) is 48.5 Å². The van der Waals surface area contributed by atoms with Crippen molar-refractivity contribution in [3.05, 3.63) is 69.2 Å². The van der Waals surface area contributed by atoms with Crippen molar-refractivity contribution in [1.82, 2.24) is 0 Å². The Morgan fingerprint density at radius 2 is 1.89 bits per heavy atom. The number of carbonyl (C=O) groups excluding carboxylic acids is 1. The summed E-state index contributed by atoms with van der Waals surface area (Å²) < 4.78 is 5.28. The van der Waals surface area contributed by atoms with Crippen molar-refractivity contribution >= 4 is 40.6 Å². The summed E-state index contributed by atoms with van der Waals surface area (Å²) in [4.78, 5) is 25.0. The third-order valence-electron chi connectivity index (χ3n) is 4.09. The molecule has 0 atom stereocenters. The van der Waals surface area contributed by atoms with Gasteiger partial charge in [-0.3, -0.25) is 14.9 Å². The number of nitrogens with one attached hydrogen (secondary N) is 1. The Morgan fingerprint density at radius 3 is 2.56 bits per heavy atom. The highest BCUT2D eigenvalue weighted by Crippen LogP contribution is 2.31. The van der Waals surface area contributed by atoms with Crippen LogP contribution in [0.2, 0.25) is 5.02 Å². The Labute approximate surface area is 161 Å². The molecule has 0 unspecified atom stereocenters. The van der Waals surface area contributed by atoms with E-state index >= 15 is 0 Å². The molecular formula is C19H18ClN3O4. The molecule has 0 bridgehead atoms. The normalized spacial score (nSPS) is 14.3. The first-order chi connectivity index (χ1) is 13.0. The van der Waals surface area contributed by atoms with Crippen LogP contribution in [0.1, 0.15) is 5.56 Å². The highest BCUT2D eigenvalue weighted by Gasteiger charge is 2.22. The Bertz CT molecular complexity index is 862. The summed E-state index contributed by atoms with van der Waals surface area (Å²) in [5.74, 6) is -0.377. The van der Waals surface area contributed by atoms with Crippen LogP contribution < -0.4 is 10.2 Å². The molecule has 0 radical (unpaired) electrons. The van der Waals surface area contributed by atoms with E-state index < -0.39 is 4.92 Å². The van der Waals surface area contributed by atoms with Crippen LogP contribution in [-0.2, 0) is 9.53 Å². The maximum atomic E-state index is 12.1. The Hall–Kier alpha value is -2.90. The van der Waals surface area contributed by atoms with E-state index in [0.29, 0.717) is 42.7 Å². The molecular weight excluding hydrogens is 370 g/mol. The van der Waals surface area contributed by atoms with Gasteiger partial charge in [0.15, 0.2) is 0 Å². The summed E-state index contributed by atoms with van der Waals surface area (Å²) in [6.45, 7) is 2.25.